The number of carbonyl (C=O) groups excluding carboxylic acids is 1. The minimum absolute atomic E-state index is 0.0695. The van der Waals surface area contributed by atoms with E-state index in [2.05, 4.69) is 20.6 Å². The van der Waals surface area contributed by atoms with E-state index in [-0.39, 0.29) is 12.1 Å². The molecule has 2 N–H and O–H groups in total. The molecule has 0 fully saturated rings. The summed E-state index contributed by atoms with van der Waals surface area (Å²) < 4.78 is 6.94. The lowest BCUT2D eigenvalue weighted by Crippen LogP contribution is -2.36. The van der Waals surface area contributed by atoms with Gasteiger partial charge in [0.05, 0.1) is 25.0 Å². The lowest BCUT2D eigenvalue weighted by atomic mass is 10.1. The van der Waals surface area contributed by atoms with Crippen molar-refractivity contribution in [1.29, 1.82) is 0 Å². The average Bonchev–Trinajstić information content (AvgIpc) is 3.02. The molecule has 0 aliphatic carbocycles. The van der Waals surface area contributed by atoms with Crippen LogP contribution in [0.15, 0.2) is 36.7 Å². The van der Waals surface area contributed by atoms with Crippen LogP contribution in [0.5, 0.6) is 5.75 Å². The van der Waals surface area contributed by atoms with Crippen molar-refractivity contribution in [2.24, 2.45) is 0 Å². The minimum Gasteiger partial charge on any atom is -0.497 e. The molecule has 1 atom stereocenters. The number of rotatable bonds is 7. The number of likely N-dealkylation sites (N-methyl/N-ethyl adjacent to an activating group) is 1. The zero-order valence-corrected chi connectivity index (χ0v) is 14.6. The Bertz CT molecular complexity index is 651. The number of anilines is 1. The number of methoxy groups -OCH3 is 1. The number of hydrogen-bond donors (Lipinski definition) is 2. The highest BCUT2D eigenvalue weighted by Gasteiger charge is 2.15. The number of ether oxygens (including phenoxy) is 1. The van der Waals surface area contributed by atoms with E-state index in [1.54, 1.807) is 24.2 Å². The molecule has 0 unspecified atom stereocenters. The second kappa shape index (κ2) is 8.35. The minimum atomic E-state index is -0.244. The zero-order chi connectivity index (χ0) is 17.5. The van der Waals surface area contributed by atoms with Crippen LogP contribution in [0, 0.1) is 0 Å². The highest BCUT2D eigenvalue weighted by molar-refractivity contribution is 5.88. The molecule has 0 spiro atoms. The average molecular weight is 331 g/mol. The Hall–Kier alpha value is -2.54. The van der Waals surface area contributed by atoms with Gasteiger partial charge in [0.15, 0.2) is 0 Å². The SMILES string of the molecule is CCn1cc(NC(=O)NC[C@H](c2ccc(OC)cc2)N(C)C)cn1. The second-order valence-electron chi connectivity index (χ2n) is 5.67. The van der Waals surface area contributed by atoms with Crippen LogP contribution in [0.2, 0.25) is 0 Å². The first-order valence-corrected chi connectivity index (χ1v) is 7.91. The number of aromatic nitrogens is 2. The van der Waals surface area contributed by atoms with Gasteiger partial charge in [-0.1, -0.05) is 12.1 Å². The lowest BCUT2D eigenvalue weighted by molar-refractivity contribution is 0.243. The van der Waals surface area contributed by atoms with Gasteiger partial charge >= 0.3 is 6.03 Å². The van der Waals surface area contributed by atoms with Gasteiger partial charge in [0.2, 0.25) is 0 Å². The van der Waals surface area contributed by atoms with E-state index < -0.39 is 0 Å². The summed E-state index contributed by atoms with van der Waals surface area (Å²) in [6.07, 6.45) is 3.43. The van der Waals surface area contributed by atoms with Gasteiger partial charge in [-0.2, -0.15) is 5.10 Å². The maximum atomic E-state index is 12.1. The molecule has 0 radical (unpaired) electrons. The van der Waals surface area contributed by atoms with Crippen molar-refractivity contribution in [2.75, 3.05) is 33.1 Å². The highest BCUT2D eigenvalue weighted by Crippen LogP contribution is 2.20. The van der Waals surface area contributed by atoms with E-state index in [9.17, 15) is 4.79 Å². The van der Waals surface area contributed by atoms with E-state index >= 15 is 0 Å². The molecule has 2 amide bonds. The van der Waals surface area contributed by atoms with E-state index in [1.165, 1.54) is 0 Å². The number of nitrogens with one attached hydrogen (secondary N) is 2. The Labute approximate surface area is 142 Å². The fourth-order valence-electron chi connectivity index (χ4n) is 2.39. The van der Waals surface area contributed by atoms with E-state index in [1.807, 2.05) is 45.3 Å². The zero-order valence-electron chi connectivity index (χ0n) is 14.6. The third-order valence-corrected chi connectivity index (χ3v) is 3.79. The second-order valence-corrected chi connectivity index (χ2v) is 5.67. The summed E-state index contributed by atoms with van der Waals surface area (Å²) in [4.78, 5) is 14.1. The molecule has 0 aliphatic rings. The smallest absolute Gasteiger partial charge is 0.319 e. The third kappa shape index (κ3) is 4.73. The Kier molecular flexibility index (Phi) is 6.20. The van der Waals surface area contributed by atoms with Crippen LogP contribution in [0.4, 0.5) is 10.5 Å². The van der Waals surface area contributed by atoms with Crippen molar-refractivity contribution in [3.8, 4) is 5.75 Å². The Balaban J connectivity index is 1.93. The summed E-state index contributed by atoms with van der Waals surface area (Å²) in [6, 6.07) is 7.68. The summed E-state index contributed by atoms with van der Waals surface area (Å²) in [7, 11) is 5.62. The first-order chi connectivity index (χ1) is 11.5. The maximum absolute atomic E-state index is 12.1. The summed E-state index contributed by atoms with van der Waals surface area (Å²) in [5.74, 6) is 0.815. The van der Waals surface area contributed by atoms with Crippen molar-refractivity contribution in [3.63, 3.8) is 0 Å². The van der Waals surface area contributed by atoms with E-state index in [4.69, 9.17) is 4.74 Å². The van der Waals surface area contributed by atoms with Crippen molar-refractivity contribution in [3.05, 3.63) is 42.2 Å². The van der Waals surface area contributed by atoms with Crippen molar-refractivity contribution in [2.45, 2.75) is 19.5 Å². The predicted molar refractivity (Wildman–Crippen MR) is 94.3 cm³/mol. The molecule has 0 bridgehead atoms. The number of carbonyl (C=O) groups is 1. The van der Waals surface area contributed by atoms with Crippen LogP contribution in [-0.4, -0.2) is 48.5 Å². The van der Waals surface area contributed by atoms with Crippen LogP contribution in [0.3, 0.4) is 0 Å². The number of benzene rings is 1. The van der Waals surface area contributed by atoms with Gasteiger partial charge in [-0.3, -0.25) is 4.68 Å². The fourth-order valence-corrected chi connectivity index (χ4v) is 2.39. The third-order valence-electron chi connectivity index (χ3n) is 3.79. The van der Waals surface area contributed by atoms with E-state index in [0.29, 0.717) is 12.2 Å². The molecule has 130 valence electrons. The van der Waals surface area contributed by atoms with Gasteiger partial charge in [0, 0.05) is 19.3 Å². The van der Waals surface area contributed by atoms with E-state index in [0.717, 1.165) is 17.9 Å². The van der Waals surface area contributed by atoms with Crippen LogP contribution >= 0.6 is 0 Å². The number of hydrogen-bond acceptors (Lipinski definition) is 4. The van der Waals surface area contributed by atoms with Crippen LogP contribution < -0.4 is 15.4 Å². The molecular formula is C17H25N5O2. The Morgan fingerprint density at radius 2 is 2.04 bits per heavy atom. The number of amides is 2. The monoisotopic (exact) mass is 331 g/mol. The standard InChI is InChI=1S/C17H25N5O2/c1-5-22-12-14(10-19-22)20-17(23)18-11-16(21(2)3)13-6-8-15(24-4)9-7-13/h6-10,12,16H,5,11H2,1-4H3,(H2,18,20,23)/t16-/m1/s1. The summed E-state index contributed by atoms with van der Waals surface area (Å²) in [5, 5.41) is 9.82. The number of aryl methyl sites for hydroxylation is 1. The van der Waals surface area contributed by atoms with Gasteiger partial charge < -0.3 is 20.3 Å². The number of nitrogens with zero attached hydrogens (tertiary/aromatic N) is 3. The van der Waals surface area contributed by atoms with Crippen LogP contribution in [0.25, 0.3) is 0 Å². The van der Waals surface area contributed by atoms with Gasteiger partial charge in [0.1, 0.15) is 5.75 Å². The van der Waals surface area contributed by atoms with Crippen LogP contribution in [0.1, 0.15) is 18.5 Å². The van der Waals surface area contributed by atoms with Crippen molar-refractivity contribution >= 4 is 11.7 Å². The molecule has 2 aromatic rings. The first-order valence-electron chi connectivity index (χ1n) is 7.91. The van der Waals surface area contributed by atoms with Crippen molar-refractivity contribution < 1.29 is 9.53 Å². The summed E-state index contributed by atoms with van der Waals surface area (Å²) in [6.45, 7) is 3.25. The van der Waals surface area contributed by atoms with Gasteiger partial charge in [-0.05, 0) is 38.7 Å². The predicted octanol–water partition coefficient (Wildman–Crippen LogP) is 2.34. The lowest BCUT2D eigenvalue weighted by Gasteiger charge is -2.25. The topological polar surface area (TPSA) is 71.4 Å². The molecule has 1 aromatic carbocycles. The molecule has 1 aromatic heterocycles. The van der Waals surface area contributed by atoms with Gasteiger partial charge in [0.25, 0.3) is 0 Å². The van der Waals surface area contributed by atoms with Gasteiger partial charge in [-0.15, -0.1) is 0 Å². The molecule has 7 heteroatoms. The largest absolute Gasteiger partial charge is 0.497 e. The Morgan fingerprint density at radius 1 is 1.33 bits per heavy atom. The molecule has 7 nitrogen and oxygen atoms in total. The molecule has 1 heterocycles. The maximum Gasteiger partial charge on any atom is 0.319 e. The van der Waals surface area contributed by atoms with Crippen molar-refractivity contribution in [1.82, 2.24) is 20.0 Å². The molecule has 2 rings (SSSR count). The van der Waals surface area contributed by atoms with Gasteiger partial charge in [-0.25, -0.2) is 4.79 Å². The first kappa shape index (κ1) is 17.8. The molecule has 0 saturated carbocycles. The summed E-state index contributed by atoms with van der Waals surface area (Å²) in [5.41, 5.74) is 1.79. The quantitative estimate of drug-likeness (QED) is 0.817. The highest BCUT2D eigenvalue weighted by atomic mass is 16.5. The molecule has 0 aliphatic heterocycles. The van der Waals surface area contributed by atoms with Crippen LogP contribution in [-0.2, 0) is 6.54 Å². The molecule has 0 saturated heterocycles. The normalized spacial score (nSPS) is 12.0. The molecular weight excluding hydrogens is 306 g/mol. The number of urea groups is 1. The molecule has 24 heavy (non-hydrogen) atoms. The Morgan fingerprint density at radius 3 is 2.58 bits per heavy atom. The summed E-state index contributed by atoms with van der Waals surface area (Å²) >= 11 is 0. The fraction of sp³-hybridized carbons (Fsp3) is 0.412.